The number of aromatic nitrogens is 2. The molecule has 2 heterocycles. The molecule has 1 aliphatic heterocycles. The van der Waals surface area contributed by atoms with E-state index in [9.17, 15) is 4.79 Å². The van der Waals surface area contributed by atoms with E-state index < -0.39 is 5.60 Å². The molecule has 1 aromatic heterocycles. The largest absolute Gasteiger partial charge is 0.444 e. The molecule has 2 rings (SSSR count). The lowest BCUT2D eigenvalue weighted by Gasteiger charge is -2.22. The number of rotatable bonds is 3. The van der Waals surface area contributed by atoms with Gasteiger partial charge in [0.1, 0.15) is 10.8 Å². The predicted octanol–water partition coefficient (Wildman–Crippen LogP) is 2.88. The molecule has 0 bridgehead atoms. The van der Waals surface area contributed by atoms with Crippen LogP contribution in [0.25, 0.3) is 0 Å². The summed E-state index contributed by atoms with van der Waals surface area (Å²) in [5.74, 6) is 0. The van der Waals surface area contributed by atoms with E-state index in [4.69, 9.17) is 27.9 Å². The number of nitrogens with one attached hydrogen (secondary N) is 1. The van der Waals surface area contributed by atoms with E-state index in [-0.39, 0.29) is 17.4 Å². The summed E-state index contributed by atoms with van der Waals surface area (Å²) in [6.45, 7) is 7.75. The van der Waals surface area contributed by atoms with E-state index >= 15 is 0 Å². The van der Waals surface area contributed by atoms with E-state index in [1.54, 1.807) is 6.20 Å². The Kier molecular flexibility index (Phi) is 5.47. The van der Waals surface area contributed by atoms with Crippen molar-refractivity contribution in [3.63, 3.8) is 0 Å². The van der Waals surface area contributed by atoms with Crippen molar-refractivity contribution < 1.29 is 9.53 Å². The molecule has 1 fully saturated rings. The van der Waals surface area contributed by atoms with Crippen molar-refractivity contribution in [1.29, 1.82) is 0 Å². The predicted molar refractivity (Wildman–Crippen MR) is 85.1 cm³/mol. The van der Waals surface area contributed by atoms with Gasteiger partial charge in [0.15, 0.2) is 0 Å². The maximum Gasteiger partial charge on any atom is 0.407 e. The number of nitrogens with zero attached hydrogens (tertiary/aromatic N) is 3. The van der Waals surface area contributed by atoms with Crippen molar-refractivity contribution in [3.05, 3.63) is 22.2 Å². The van der Waals surface area contributed by atoms with Crippen LogP contribution < -0.4 is 5.32 Å². The monoisotopic (exact) mass is 346 g/mol. The molecule has 22 heavy (non-hydrogen) atoms. The van der Waals surface area contributed by atoms with Gasteiger partial charge >= 0.3 is 6.09 Å². The van der Waals surface area contributed by atoms with Crippen molar-refractivity contribution in [1.82, 2.24) is 20.2 Å². The number of carbonyl (C=O) groups is 1. The minimum absolute atomic E-state index is 0.0712. The smallest absolute Gasteiger partial charge is 0.407 e. The maximum atomic E-state index is 11.8. The van der Waals surface area contributed by atoms with Crippen molar-refractivity contribution >= 4 is 29.3 Å². The standard InChI is InChI=1S/C14H20Cl2N4O2/c1-14(2,3)22-13(21)18-10-4-5-20(8-10)7-9-6-17-12(16)19-11(9)15/h6,10H,4-5,7-8H2,1-3H3,(H,18,21)/t10-/m1/s1. The molecule has 0 spiro atoms. The van der Waals surface area contributed by atoms with Gasteiger partial charge in [-0.2, -0.15) is 0 Å². The number of hydrogen-bond donors (Lipinski definition) is 1. The fraction of sp³-hybridized carbons (Fsp3) is 0.643. The van der Waals surface area contributed by atoms with Gasteiger partial charge in [-0.3, -0.25) is 4.90 Å². The van der Waals surface area contributed by atoms with Crippen molar-refractivity contribution in [2.75, 3.05) is 13.1 Å². The number of likely N-dealkylation sites (tertiary alicyclic amines) is 1. The van der Waals surface area contributed by atoms with Gasteiger partial charge in [0, 0.05) is 37.4 Å². The molecule has 8 heteroatoms. The molecule has 122 valence electrons. The molecule has 0 unspecified atom stereocenters. The highest BCUT2D eigenvalue weighted by atomic mass is 35.5. The average molecular weight is 347 g/mol. The summed E-state index contributed by atoms with van der Waals surface area (Å²) < 4.78 is 5.26. The molecule has 0 aromatic carbocycles. The molecule has 1 saturated heterocycles. The average Bonchev–Trinajstić information content (AvgIpc) is 2.77. The number of hydrogen-bond acceptors (Lipinski definition) is 5. The zero-order chi connectivity index (χ0) is 16.3. The van der Waals surface area contributed by atoms with Crippen LogP contribution in [0.4, 0.5) is 4.79 Å². The minimum Gasteiger partial charge on any atom is -0.444 e. The van der Waals surface area contributed by atoms with Crippen LogP contribution in [0, 0.1) is 0 Å². The number of amides is 1. The van der Waals surface area contributed by atoms with Crippen LogP contribution in [0.5, 0.6) is 0 Å². The van der Waals surface area contributed by atoms with Crippen LogP contribution >= 0.6 is 23.2 Å². The highest BCUT2D eigenvalue weighted by Gasteiger charge is 2.26. The van der Waals surface area contributed by atoms with Gasteiger partial charge in [-0.25, -0.2) is 14.8 Å². The topological polar surface area (TPSA) is 67.3 Å². The number of ether oxygens (including phenoxy) is 1. The highest BCUT2D eigenvalue weighted by molar-refractivity contribution is 6.32. The fourth-order valence-corrected chi connectivity index (χ4v) is 2.65. The van der Waals surface area contributed by atoms with Crippen LogP contribution in [0.2, 0.25) is 10.4 Å². The Bertz CT molecular complexity index is 548. The minimum atomic E-state index is -0.490. The summed E-state index contributed by atoms with van der Waals surface area (Å²) >= 11 is 11.7. The van der Waals surface area contributed by atoms with Gasteiger partial charge in [-0.05, 0) is 38.8 Å². The zero-order valence-corrected chi connectivity index (χ0v) is 14.4. The molecule has 0 saturated carbocycles. The molecule has 6 nitrogen and oxygen atoms in total. The first kappa shape index (κ1) is 17.2. The van der Waals surface area contributed by atoms with Gasteiger partial charge in [0.25, 0.3) is 0 Å². The SMILES string of the molecule is CC(C)(C)OC(=O)N[C@@H]1CCN(Cc2cnc(Cl)nc2Cl)C1. The maximum absolute atomic E-state index is 11.8. The molecule has 1 N–H and O–H groups in total. The van der Waals surface area contributed by atoms with E-state index in [1.165, 1.54) is 0 Å². The summed E-state index contributed by atoms with van der Waals surface area (Å²) in [5, 5.41) is 3.39. The zero-order valence-electron chi connectivity index (χ0n) is 12.9. The molecule has 1 aliphatic rings. The molecular formula is C14H20Cl2N4O2. The van der Waals surface area contributed by atoms with E-state index in [1.807, 2.05) is 20.8 Å². The van der Waals surface area contributed by atoms with Crippen LogP contribution in [0.3, 0.4) is 0 Å². The second-order valence-electron chi connectivity index (χ2n) is 6.32. The second kappa shape index (κ2) is 6.98. The summed E-state index contributed by atoms with van der Waals surface area (Å²) in [4.78, 5) is 21.8. The van der Waals surface area contributed by atoms with E-state index in [0.29, 0.717) is 11.7 Å². The fourth-order valence-electron chi connectivity index (χ4n) is 2.28. The molecule has 1 atom stereocenters. The second-order valence-corrected chi connectivity index (χ2v) is 7.02. The Hall–Kier alpha value is -1.11. The van der Waals surface area contributed by atoms with Crippen LogP contribution in [-0.2, 0) is 11.3 Å². The third kappa shape index (κ3) is 5.26. The third-order valence-corrected chi connectivity index (χ3v) is 3.68. The number of carbonyl (C=O) groups excluding carboxylic acids is 1. The van der Waals surface area contributed by atoms with Gasteiger partial charge < -0.3 is 10.1 Å². The van der Waals surface area contributed by atoms with Gasteiger partial charge in [0.2, 0.25) is 5.28 Å². The molecule has 1 aromatic rings. The van der Waals surface area contributed by atoms with E-state index in [0.717, 1.165) is 25.1 Å². The van der Waals surface area contributed by atoms with Crippen molar-refractivity contribution in [2.24, 2.45) is 0 Å². The quantitative estimate of drug-likeness (QED) is 0.673. The van der Waals surface area contributed by atoms with Crippen LogP contribution in [0.15, 0.2) is 6.20 Å². The Morgan fingerprint density at radius 1 is 1.50 bits per heavy atom. The first-order valence-corrected chi connectivity index (χ1v) is 7.87. The Morgan fingerprint density at radius 2 is 2.23 bits per heavy atom. The van der Waals surface area contributed by atoms with Crippen molar-refractivity contribution in [2.45, 2.75) is 45.4 Å². The number of alkyl carbamates (subject to hydrolysis) is 1. The van der Waals surface area contributed by atoms with Gasteiger partial charge in [0.05, 0.1) is 0 Å². The molecule has 0 radical (unpaired) electrons. The van der Waals surface area contributed by atoms with E-state index in [2.05, 4.69) is 20.2 Å². The highest BCUT2D eigenvalue weighted by Crippen LogP contribution is 2.19. The van der Waals surface area contributed by atoms with Crippen LogP contribution in [0.1, 0.15) is 32.8 Å². The summed E-state index contributed by atoms with van der Waals surface area (Å²) in [6.07, 6.45) is 2.12. The normalized spacial score (nSPS) is 19.2. The molecular weight excluding hydrogens is 327 g/mol. The van der Waals surface area contributed by atoms with Crippen molar-refractivity contribution in [3.8, 4) is 0 Å². The Morgan fingerprint density at radius 3 is 2.86 bits per heavy atom. The molecule has 1 amide bonds. The first-order chi connectivity index (χ1) is 10.2. The summed E-state index contributed by atoms with van der Waals surface area (Å²) in [6, 6.07) is 0.0712. The van der Waals surface area contributed by atoms with Gasteiger partial charge in [-0.1, -0.05) is 11.6 Å². The third-order valence-electron chi connectivity index (χ3n) is 3.17. The van der Waals surface area contributed by atoms with Crippen LogP contribution in [-0.4, -0.2) is 45.7 Å². The lowest BCUT2D eigenvalue weighted by molar-refractivity contribution is 0.0505. The number of halogens is 2. The summed E-state index contributed by atoms with van der Waals surface area (Å²) in [5.41, 5.74) is 0.334. The first-order valence-electron chi connectivity index (χ1n) is 7.12. The summed E-state index contributed by atoms with van der Waals surface area (Å²) in [7, 11) is 0. The Labute approximate surface area is 140 Å². The van der Waals surface area contributed by atoms with Gasteiger partial charge in [-0.15, -0.1) is 0 Å². The Balaban J connectivity index is 1.84. The molecule has 0 aliphatic carbocycles. The lowest BCUT2D eigenvalue weighted by atomic mass is 10.2. The lowest BCUT2D eigenvalue weighted by Crippen LogP contribution is -2.40.